The number of nitrogens with zero attached hydrogens (tertiary/aromatic N) is 3. The summed E-state index contributed by atoms with van der Waals surface area (Å²) in [7, 11) is 1.65. The molecule has 1 aliphatic heterocycles. The summed E-state index contributed by atoms with van der Waals surface area (Å²) in [4.78, 5) is 14.7. The van der Waals surface area contributed by atoms with Gasteiger partial charge in [0.15, 0.2) is 0 Å². The number of amides is 1. The van der Waals surface area contributed by atoms with Crippen molar-refractivity contribution in [3.63, 3.8) is 0 Å². The monoisotopic (exact) mass is 321 g/mol. The predicted molar refractivity (Wildman–Crippen MR) is 86.5 cm³/mol. The van der Waals surface area contributed by atoms with E-state index in [1.165, 1.54) is 12.8 Å². The van der Waals surface area contributed by atoms with Gasteiger partial charge in [0.1, 0.15) is 5.69 Å². The van der Waals surface area contributed by atoms with Gasteiger partial charge in [-0.1, -0.05) is 12.8 Å². The summed E-state index contributed by atoms with van der Waals surface area (Å²) in [6, 6.07) is 2.30. The maximum Gasteiger partial charge on any atom is 0.274 e. The van der Waals surface area contributed by atoms with Crippen LogP contribution in [0.4, 0.5) is 0 Å². The number of rotatable bonds is 4. The molecule has 2 aliphatic rings. The van der Waals surface area contributed by atoms with E-state index in [-0.39, 0.29) is 17.6 Å². The van der Waals surface area contributed by atoms with Crippen LogP contribution in [0.5, 0.6) is 0 Å². The largest absolute Gasteiger partial charge is 0.382 e. The van der Waals surface area contributed by atoms with Gasteiger partial charge < -0.3 is 14.4 Å². The molecule has 1 atom stereocenters. The zero-order valence-corrected chi connectivity index (χ0v) is 14.3. The van der Waals surface area contributed by atoms with Crippen LogP contribution in [0, 0.1) is 0 Å². The summed E-state index contributed by atoms with van der Waals surface area (Å²) in [6.07, 6.45) is 6.69. The van der Waals surface area contributed by atoms with Crippen molar-refractivity contribution < 1.29 is 14.3 Å². The molecule has 0 aromatic carbocycles. The molecule has 1 aromatic rings. The fourth-order valence-electron chi connectivity index (χ4n) is 3.71. The Morgan fingerprint density at radius 2 is 2.17 bits per heavy atom. The van der Waals surface area contributed by atoms with Gasteiger partial charge >= 0.3 is 0 Å². The van der Waals surface area contributed by atoms with E-state index in [0.29, 0.717) is 31.4 Å². The average Bonchev–Trinajstić information content (AvgIpc) is 3.16. The number of hydrogen-bond acceptors (Lipinski definition) is 4. The highest BCUT2D eigenvalue weighted by Gasteiger charge is 2.36. The normalized spacial score (nSPS) is 25.0. The van der Waals surface area contributed by atoms with Crippen molar-refractivity contribution in [2.24, 2.45) is 0 Å². The summed E-state index contributed by atoms with van der Waals surface area (Å²) in [5.74, 6) is -0.0146. The maximum absolute atomic E-state index is 12.8. The molecule has 3 rings (SSSR count). The van der Waals surface area contributed by atoms with Crippen LogP contribution in [0.25, 0.3) is 0 Å². The molecule has 2 fully saturated rings. The molecule has 0 unspecified atom stereocenters. The van der Waals surface area contributed by atoms with E-state index in [2.05, 4.69) is 5.10 Å². The van der Waals surface area contributed by atoms with Gasteiger partial charge in [-0.15, -0.1) is 0 Å². The summed E-state index contributed by atoms with van der Waals surface area (Å²) >= 11 is 0. The van der Waals surface area contributed by atoms with E-state index >= 15 is 0 Å². The second-order valence-corrected chi connectivity index (χ2v) is 7.26. The van der Waals surface area contributed by atoms with Crippen molar-refractivity contribution in [3.05, 3.63) is 18.0 Å². The molecular weight excluding hydrogens is 294 g/mol. The van der Waals surface area contributed by atoms with Crippen LogP contribution < -0.4 is 0 Å². The first-order valence-electron chi connectivity index (χ1n) is 8.50. The van der Waals surface area contributed by atoms with Crippen LogP contribution in [0.15, 0.2) is 12.3 Å². The van der Waals surface area contributed by atoms with E-state index in [1.54, 1.807) is 7.11 Å². The Bertz CT molecular complexity index is 549. The Morgan fingerprint density at radius 1 is 1.43 bits per heavy atom. The SMILES string of the molecule is COC[C@@H]1CN(C(=O)c2ccn(C3CCCC3)n2)CC(C)(C)O1. The third-order valence-corrected chi connectivity index (χ3v) is 4.65. The fraction of sp³-hybridized carbons (Fsp3) is 0.765. The van der Waals surface area contributed by atoms with Crippen molar-refractivity contribution in [3.8, 4) is 0 Å². The number of carbonyl (C=O) groups is 1. The van der Waals surface area contributed by atoms with Gasteiger partial charge in [0, 0.05) is 26.4 Å². The van der Waals surface area contributed by atoms with E-state index in [4.69, 9.17) is 9.47 Å². The number of hydrogen-bond donors (Lipinski definition) is 0. The van der Waals surface area contributed by atoms with Gasteiger partial charge in [0.05, 0.1) is 24.4 Å². The molecule has 1 amide bonds. The minimum atomic E-state index is -0.370. The van der Waals surface area contributed by atoms with E-state index < -0.39 is 0 Å². The van der Waals surface area contributed by atoms with E-state index in [9.17, 15) is 4.79 Å². The summed E-state index contributed by atoms with van der Waals surface area (Å²) < 4.78 is 13.1. The maximum atomic E-state index is 12.8. The Balaban J connectivity index is 1.71. The smallest absolute Gasteiger partial charge is 0.274 e. The van der Waals surface area contributed by atoms with Crippen molar-refractivity contribution in [1.29, 1.82) is 0 Å². The molecule has 2 heterocycles. The van der Waals surface area contributed by atoms with Gasteiger partial charge in [0.2, 0.25) is 0 Å². The van der Waals surface area contributed by atoms with E-state index in [1.807, 2.05) is 35.7 Å². The van der Waals surface area contributed by atoms with Crippen molar-refractivity contribution in [2.45, 2.75) is 57.3 Å². The zero-order valence-electron chi connectivity index (χ0n) is 14.3. The second kappa shape index (κ2) is 6.61. The first kappa shape index (κ1) is 16.5. The minimum absolute atomic E-state index is 0.0146. The first-order valence-corrected chi connectivity index (χ1v) is 8.50. The molecule has 23 heavy (non-hydrogen) atoms. The second-order valence-electron chi connectivity index (χ2n) is 7.26. The molecule has 6 nitrogen and oxygen atoms in total. The van der Waals surface area contributed by atoms with Gasteiger partial charge in [-0.25, -0.2) is 0 Å². The van der Waals surface area contributed by atoms with Crippen LogP contribution >= 0.6 is 0 Å². The summed E-state index contributed by atoms with van der Waals surface area (Å²) in [5, 5.41) is 4.54. The lowest BCUT2D eigenvalue weighted by Crippen LogP contribution is -2.55. The lowest BCUT2D eigenvalue weighted by atomic mass is 10.0. The van der Waals surface area contributed by atoms with Crippen molar-refractivity contribution in [1.82, 2.24) is 14.7 Å². The molecule has 1 saturated carbocycles. The quantitative estimate of drug-likeness (QED) is 0.853. The van der Waals surface area contributed by atoms with Gasteiger partial charge in [-0.2, -0.15) is 5.10 Å². The van der Waals surface area contributed by atoms with Gasteiger partial charge in [-0.05, 0) is 32.8 Å². The molecule has 1 saturated heterocycles. The lowest BCUT2D eigenvalue weighted by Gasteiger charge is -2.42. The van der Waals surface area contributed by atoms with Crippen LogP contribution in [-0.2, 0) is 9.47 Å². The number of ether oxygens (including phenoxy) is 2. The predicted octanol–water partition coefficient (Wildman–Crippen LogP) is 2.26. The molecule has 0 bridgehead atoms. The standard InChI is InChI=1S/C17H27N3O3/c1-17(2)12-19(10-14(23-17)11-22-3)16(21)15-8-9-20(18-15)13-6-4-5-7-13/h8-9,13-14H,4-7,10-12H2,1-3H3/t14-/m0/s1. The third-order valence-electron chi connectivity index (χ3n) is 4.65. The van der Waals surface area contributed by atoms with E-state index in [0.717, 1.165) is 12.8 Å². The average molecular weight is 321 g/mol. The van der Waals surface area contributed by atoms with Gasteiger partial charge in [0.25, 0.3) is 5.91 Å². The highest BCUT2D eigenvalue weighted by molar-refractivity contribution is 5.92. The third kappa shape index (κ3) is 3.75. The molecular formula is C17H27N3O3. The highest BCUT2D eigenvalue weighted by Crippen LogP contribution is 2.29. The first-order chi connectivity index (χ1) is 11.0. The highest BCUT2D eigenvalue weighted by atomic mass is 16.5. The molecule has 6 heteroatoms. The number of morpholine rings is 1. The van der Waals surface area contributed by atoms with Gasteiger partial charge in [-0.3, -0.25) is 9.48 Å². The fourth-order valence-corrected chi connectivity index (χ4v) is 3.71. The zero-order chi connectivity index (χ0) is 16.4. The van der Waals surface area contributed by atoms with Crippen molar-refractivity contribution in [2.75, 3.05) is 26.8 Å². The Labute approximate surface area is 137 Å². The minimum Gasteiger partial charge on any atom is -0.382 e. The Morgan fingerprint density at radius 3 is 2.87 bits per heavy atom. The molecule has 1 aromatic heterocycles. The molecule has 128 valence electrons. The molecule has 0 radical (unpaired) electrons. The van der Waals surface area contributed by atoms with Crippen LogP contribution in [0.3, 0.4) is 0 Å². The van der Waals surface area contributed by atoms with Crippen molar-refractivity contribution >= 4 is 5.91 Å². The number of methoxy groups -OCH3 is 1. The van der Waals surface area contributed by atoms with Crippen LogP contribution in [-0.4, -0.2) is 59.1 Å². The number of aromatic nitrogens is 2. The summed E-state index contributed by atoms with van der Waals surface area (Å²) in [6.45, 7) is 5.62. The Hall–Kier alpha value is -1.40. The molecule has 1 aliphatic carbocycles. The molecule has 0 N–H and O–H groups in total. The summed E-state index contributed by atoms with van der Waals surface area (Å²) in [5.41, 5.74) is 0.163. The van der Waals surface area contributed by atoms with Crippen LogP contribution in [0.1, 0.15) is 56.1 Å². The number of carbonyl (C=O) groups excluding carboxylic acids is 1. The lowest BCUT2D eigenvalue weighted by molar-refractivity contribution is -0.143. The Kier molecular flexibility index (Phi) is 4.73. The molecule has 0 spiro atoms. The topological polar surface area (TPSA) is 56.6 Å². The van der Waals surface area contributed by atoms with Crippen LogP contribution in [0.2, 0.25) is 0 Å².